The van der Waals surface area contributed by atoms with Gasteiger partial charge < -0.3 is 15.5 Å². The predicted molar refractivity (Wildman–Crippen MR) is 106 cm³/mol. The van der Waals surface area contributed by atoms with E-state index in [2.05, 4.69) is 10.6 Å². The molecule has 0 saturated heterocycles. The lowest BCUT2D eigenvalue weighted by Crippen LogP contribution is -2.27. The van der Waals surface area contributed by atoms with Crippen LogP contribution in [0.15, 0.2) is 36.4 Å². The Morgan fingerprint density at radius 2 is 1.89 bits per heavy atom. The molecule has 0 aromatic heterocycles. The van der Waals surface area contributed by atoms with Crippen LogP contribution in [-0.2, 0) is 16.0 Å². The summed E-state index contributed by atoms with van der Waals surface area (Å²) in [5.41, 5.74) is 3.29. The summed E-state index contributed by atoms with van der Waals surface area (Å²) in [6.07, 6.45) is 1.17. The molecule has 2 aromatic carbocycles. The van der Waals surface area contributed by atoms with Gasteiger partial charge in [-0.1, -0.05) is 18.5 Å². The van der Waals surface area contributed by atoms with Crippen molar-refractivity contribution in [1.29, 1.82) is 0 Å². The highest BCUT2D eigenvalue weighted by Gasteiger charge is 2.24. The van der Waals surface area contributed by atoms with Gasteiger partial charge in [0.15, 0.2) is 0 Å². The molecule has 0 spiro atoms. The molecule has 0 radical (unpaired) electrons. The van der Waals surface area contributed by atoms with Crippen molar-refractivity contribution in [2.75, 3.05) is 22.1 Å². The number of rotatable bonds is 4. The van der Waals surface area contributed by atoms with Gasteiger partial charge in [0.25, 0.3) is 5.91 Å². The maximum absolute atomic E-state index is 12.6. The minimum atomic E-state index is -0.306. The molecular weight excluding hydrogens is 366 g/mol. The topological polar surface area (TPSA) is 78.5 Å². The second-order valence-electron chi connectivity index (χ2n) is 6.32. The Morgan fingerprint density at radius 1 is 1.11 bits per heavy atom. The van der Waals surface area contributed by atoms with Crippen LogP contribution in [0.5, 0.6) is 0 Å². The maximum Gasteiger partial charge on any atom is 0.255 e. The van der Waals surface area contributed by atoms with E-state index in [4.69, 9.17) is 11.6 Å². The first kappa shape index (κ1) is 18.9. The van der Waals surface area contributed by atoms with Crippen molar-refractivity contribution in [2.24, 2.45) is 0 Å². The van der Waals surface area contributed by atoms with Crippen molar-refractivity contribution in [3.63, 3.8) is 0 Å². The molecule has 0 bridgehead atoms. The number of fused-ring (bicyclic) bond motifs is 1. The molecule has 0 unspecified atom stereocenters. The molecule has 0 fully saturated rings. The Hall–Kier alpha value is -2.86. The smallest absolute Gasteiger partial charge is 0.255 e. The maximum atomic E-state index is 12.6. The summed E-state index contributed by atoms with van der Waals surface area (Å²) in [5, 5.41) is 5.80. The third-order valence-corrected chi connectivity index (χ3v) is 4.71. The first-order valence-electron chi connectivity index (χ1n) is 8.71. The lowest BCUT2D eigenvalue weighted by atomic mass is 10.1. The lowest BCUT2D eigenvalue weighted by molar-refractivity contribution is -0.118. The third kappa shape index (κ3) is 4.11. The number of benzene rings is 2. The number of anilines is 3. The van der Waals surface area contributed by atoms with Crippen LogP contribution in [0.3, 0.4) is 0 Å². The lowest BCUT2D eigenvalue weighted by Gasteiger charge is -2.16. The highest BCUT2D eigenvalue weighted by atomic mass is 35.5. The van der Waals surface area contributed by atoms with E-state index in [9.17, 15) is 14.4 Å². The fourth-order valence-corrected chi connectivity index (χ4v) is 3.25. The molecule has 6 nitrogen and oxygen atoms in total. The van der Waals surface area contributed by atoms with Crippen molar-refractivity contribution in [1.82, 2.24) is 0 Å². The van der Waals surface area contributed by atoms with Gasteiger partial charge in [-0.3, -0.25) is 14.4 Å². The van der Waals surface area contributed by atoms with E-state index < -0.39 is 0 Å². The summed E-state index contributed by atoms with van der Waals surface area (Å²) in [7, 11) is 0. The molecule has 2 N–H and O–H groups in total. The minimum Gasteiger partial charge on any atom is -0.326 e. The van der Waals surface area contributed by atoms with Crippen LogP contribution in [0, 0.1) is 0 Å². The van der Waals surface area contributed by atoms with E-state index in [1.54, 1.807) is 41.3 Å². The van der Waals surface area contributed by atoms with Gasteiger partial charge in [0.05, 0.1) is 10.7 Å². The van der Waals surface area contributed by atoms with Crippen molar-refractivity contribution < 1.29 is 14.4 Å². The molecule has 3 amide bonds. The van der Waals surface area contributed by atoms with Gasteiger partial charge >= 0.3 is 0 Å². The van der Waals surface area contributed by atoms with E-state index in [-0.39, 0.29) is 17.7 Å². The van der Waals surface area contributed by atoms with Crippen LogP contribution in [0.1, 0.15) is 36.2 Å². The van der Waals surface area contributed by atoms with Gasteiger partial charge in [0.2, 0.25) is 11.8 Å². The summed E-state index contributed by atoms with van der Waals surface area (Å²) in [6.45, 7) is 3.88. The zero-order chi connectivity index (χ0) is 19.6. The molecule has 0 atom stereocenters. The average molecular weight is 386 g/mol. The number of nitrogens with zero attached hydrogens (tertiary/aromatic N) is 1. The fourth-order valence-electron chi connectivity index (χ4n) is 3.09. The van der Waals surface area contributed by atoms with Crippen LogP contribution in [-0.4, -0.2) is 24.3 Å². The number of carbonyl (C=O) groups is 3. The molecule has 140 valence electrons. The van der Waals surface area contributed by atoms with E-state index in [1.165, 1.54) is 6.92 Å². The summed E-state index contributed by atoms with van der Waals surface area (Å²) in [6, 6.07) is 10.2. The quantitative estimate of drug-likeness (QED) is 0.839. The number of nitrogens with one attached hydrogen (secondary N) is 2. The van der Waals surface area contributed by atoms with E-state index >= 15 is 0 Å². The van der Waals surface area contributed by atoms with Gasteiger partial charge in [-0.25, -0.2) is 0 Å². The Bertz CT molecular complexity index is 927. The van der Waals surface area contributed by atoms with Crippen LogP contribution >= 0.6 is 11.6 Å². The van der Waals surface area contributed by atoms with E-state index in [0.717, 1.165) is 17.7 Å². The molecule has 1 heterocycles. The third-order valence-electron chi connectivity index (χ3n) is 4.38. The normalized spacial score (nSPS) is 12.5. The second kappa shape index (κ2) is 7.80. The molecule has 3 rings (SSSR count). The largest absolute Gasteiger partial charge is 0.326 e. The molecule has 0 saturated carbocycles. The zero-order valence-corrected chi connectivity index (χ0v) is 15.9. The summed E-state index contributed by atoms with van der Waals surface area (Å²) >= 11 is 6.16. The van der Waals surface area contributed by atoms with Crippen LogP contribution in [0.2, 0.25) is 5.02 Å². The minimum absolute atomic E-state index is 0.0764. The number of carbonyl (C=O) groups excluding carboxylic acids is 3. The van der Waals surface area contributed by atoms with Gasteiger partial charge in [-0.15, -0.1) is 0 Å². The van der Waals surface area contributed by atoms with E-state index in [1.807, 2.05) is 6.92 Å². The fraction of sp³-hybridized carbons (Fsp3) is 0.250. The number of amides is 3. The Morgan fingerprint density at radius 3 is 2.59 bits per heavy atom. The Kier molecular flexibility index (Phi) is 5.46. The Balaban J connectivity index is 1.80. The first-order valence-corrected chi connectivity index (χ1v) is 9.08. The monoisotopic (exact) mass is 385 g/mol. The SMILES string of the molecule is CCC(=O)N1CCc2cc(C(=O)Nc3cc(NC(C)=O)ccc3Cl)ccc21. The van der Waals surface area contributed by atoms with Crippen LogP contribution in [0.25, 0.3) is 0 Å². The zero-order valence-electron chi connectivity index (χ0n) is 15.1. The van der Waals surface area contributed by atoms with Crippen molar-refractivity contribution in [3.8, 4) is 0 Å². The number of halogens is 1. The Labute approximate surface area is 162 Å². The van der Waals surface area contributed by atoms with Gasteiger partial charge in [-0.2, -0.15) is 0 Å². The average Bonchev–Trinajstić information content (AvgIpc) is 3.06. The highest BCUT2D eigenvalue weighted by Crippen LogP contribution is 2.30. The summed E-state index contributed by atoms with van der Waals surface area (Å²) in [4.78, 5) is 37.6. The van der Waals surface area contributed by atoms with Gasteiger partial charge in [-0.05, 0) is 48.4 Å². The number of hydrogen-bond acceptors (Lipinski definition) is 3. The molecule has 1 aliphatic heterocycles. The van der Waals surface area contributed by atoms with Crippen LogP contribution < -0.4 is 15.5 Å². The molecule has 0 aliphatic carbocycles. The molecular formula is C20H20ClN3O3. The standard InChI is InChI=1S/C20H20ClN3O3/c1-3-19(26)24-9-8-13-10-14(4-7-18(13)24)20(27)23-17-11-15(22-12(2)25)5-6-16(17)21/h4-7,10-11H,3,8-9H2,1-2H3,(H,22,25)(H,23,27). The second-order valence-corrected chi connectivity index (χ2v) is 6.73. The highest BCUT2D eigenvalue weighted by molar-refractivity contribution is 6.34. The van der Waals surface area contributed by atoms with Gasteiger partial charge in [0, 0.05) is 36.8 Å². The first-order chi connectivity index (χ1) is 12.9. The van der Waals surface area contributed by atoms with Crippen LogP contribution in [0.4, 0.5) is 17.1 Å². The molecule has 1 aliphatic rings. The van der Waals surface area contributed by atoms with Gasteiger partial charge in [0.1, 0.15) is 0 Å². The van der Waals surface area contributed by atoms with E-state index in [0.29, 0.717) is 34.9 Å². The van der Waals surface area contributed by atoms with Crippen molar-refractivity contribution in [3.05, 3.63) is 52.5 Å². The molecule has 7 heteroatoms. The molecule has 2 aromatic rings. The number of hydrogen-bond donors (Lipinski definition) is 2. The summed E-state index contributed by atoms with van der Waals surface area (Å²) in [5.74, 6) is -0.438. The van der Waals surface area contributed by atoms with Crippen molar-refractivity contribution >= 4 is 46.4 Å². The predicted octanol–water partition coefficient (Wildman–Crippen LogP) is 3.85. The van der Waals surface area contributed by atoms with Crippen molar-refractivity contribution in [2.45, 2.75) is 26.7 Å². The summed E-state index contributed by atoms with van der Waals surface area (Å²) < 4.78 is 0. The molecule has 27 heavy (non-hydrogen) atoms.